The molecule has 0 aliphatic heterocycles. The minimum absolute atomic E-state index is 0.0116. The summed E-state index contributed by atoms with van der Waals surface area (Å²) in [6, 6.07) is 12.3. The van der Waals surface area contributed by atoms with Gasteiger partial charge < -0.3 is 9.47 Å². The number of benzene rings is 2. The molecule has 0 aromatic heterocycles. The lowest BCUT2D eigenvalue weighted by Gasteiger charge is -2.24. The predicted octanol–water partition coefficient (Wildman–Crippen LogP) is 3.11. The summed E-state index contributed by atoms with van der Waals surface area (Å²) in [4.78, 5) is 11.9. The molecule has 0 heterocycles. The summed E-state index contributed by atoms with van der Waals surface area (Å²) in [5.41, 5.74) is 0.202. The summed E-state index contributed by atoms with van der Waals surface area (Å²) in [5.74, 6) is -0.145. The van der Waals surface area contributed by atoms with Crippen molar-refractivity contribution in [2.75, 3.05) is 24.6 Å². The Hall–Kier alpha value is -2.25. The van der Waals surface area contributed by atoms with Crippen LogP contribution in [0.2, 0.25) is 5.02 Å². The fraction of sp³-hybridized carbons (Fsp3) is 0.235. The SMILES string of the molecule is CCOC(=O)CN(c1ccccc1Cl)S(=O)(=O)c1ccc(OC)cc1. The van der Waals surface area contributed by atoms with Crippen LogP contribution < -0.4 is 9.04 Å². The summed E-state index contributed by atoms with van der Waals surface area (Å²) in [6.45, 7) is 1.32. The van der Waals surface area contributed by atoms with E-state index in [0.717, 1.165) is 4.31 Å². The van der Waals surface area contributed by atoms with Crippen LogP contribution in [0.3, 0.4) is 0 Å². The Balaban J connectivity index is 2.49. The number of sulfonamides is 1. The van der Waals surface area contributed by atoms with Gasteiger partial charge in [0.15, 0.2) is 0 Å². The van der Waals surface area contributed by atoms with E-state index in [1.165, 1.54) is 37.4 Å². The van der Waals surface area contributed by atoms with Crippen molar-refractivity contribution in [3.05, 3.63) is 53.6 Å². The van der Waals surface area contributed by atoms with Crippen molar-refractivity contribution in [2.45, 2.75) is 11.8 Å². The molecule has 2 aromatic carbocycles. The van der Waals surface area contributed by atoms with Crippen LogP contribution in [0.15, 0.2) is 53.4 Å². The average molecular weight is 384 g/mol. The maximum Gasteiger partial charge on any atom is 0.326 e. The first-order valence-electron chi connectivity index (χ1n) is 7.47. The minimum Gasteiger partial charge on any atom is -0.497 e. The van der Waals surface area contributed by atoms with Gasteiger partial charge in [0.25, 0.3) is 10.0 Å². The Morgan fingerprint density at radius 3 is 2.32 bits per heavy atom. The summed E-state index contributed by atoms with van der Waals surface area (Å²) in [7, 11) is -2.54. The zero-order chi connectivity index (χ0) is 18.4. The molecular formula is C17H18ClNO5S. The number of methoxy groups -OCH3 is 1. The number of hydrogen-bond donors (Lipinski definition) is 0. The first-order chi connectivity index (χ1) is 11.9. The molecule has 0 fully saturated rings. The van der Waals surface area contributed by atoms with E-state index in [-0.39, 0.29) is 22.2 Å². The van der Waals surface area contributed by atoms with Crippen LogP contribution >= 0.6 is 11.6 Å². The van der Waals surface area contributed by atoms with Crippen molar-refractivity contribution in [1.29, 1.82) is 0 Å². The Morgan fingerprint density at radius 2 is 1.76 bits per heavy atom. The van der Waals surface area contributed by atoms with Crippen LogP contribution in [0.1, 0.15) is 6.92 Å². The molecule has 0 saturated heterocycles. The van der Waals surface area contributed by atoms with Crippen molar-refractivity contribution in [1.82, 2.24) is 0 Å². The van der Waals surface area contributed by atoms with Gasteiger partial charge in [0.05, 0.1) is 29.3 Å². The summed E-state index contributed by atoms with van der Waals surface area (Å²) < 4.78 is 37.0. The maximum atomic E-state index is 13.0. The monoisotopic (exact) mass is 383 g/mol. The molecule has 0 amide bonds. The zero-order valence-electron chi connectivity index (χ0n) is 13.8. The van der Waals surface area contributed by atoms with E-state index in [1.807, 2.05) is 0 Å². The number of carbonyl (C=O) groups is 1. The van der Waals surface area contributed by atoms with Crippen LogP contribution in [0, 0.1) is 0 Å². The first-order valence-corrected chi connectivity index (χ1v) is 9.29. The van der Waals surface area contributed by atoms with Crippen LogP contribution in [-0.2, 0) is 19.6 Å². The van der Waals surface area contributed by atoms with Gasteiger partial charge in [-0.25, -0.2) is 8.42 Å². The number of hydrogen-bond acceptors (Lipinski definition) is 5. The number of anilines is 1. The maximum absolute atomic E-state index is 13.0. The molecule has 0 unspecified atom stereocenters. The fourth-order valence-electron chi connectivity index (χ4n) is 2.15. The molecule has 25 heavy (non-hydrogen) atoms. The van der Waals surface area contributed by atoms with Gasteiger partial charge in [-0.3, -0.25) is 9.10 Å². The zero-order valence-corrected chi connectivity index (χ0v) is 15.4. The number of halogens is 1. The van der Waals surface area contributed by atoms with Crippen LogP contribution in [0.5, 0.6) is 5.75 Å². The quantitative estimate of drug-likeness (QED) is 0.687. The molecule has 6 nitrogen and oxygen atoms in total. The number of nitrogens with zero attached hydrogens (tertiary/aromatic N) is 1. The largest absolute Gasteiger partial charge is 0.497 e. The highest BCUT2D eigenvalue weighted by Gasteiger charge is 2.29. The molecule has 0 bridgehead atoms. The summed E-state index contributed by atoms with van der Waals surface area (Å²) in [6.07, 6.45) is 0. The van der Waals surface area contributed by atoms with Crippen LogP contribution in [0.4, 0.5) is 5.69 Å². The molecule has 0 radical (unpaired) electrons. The van der Waals surface area contributed by atoms with Crippen molar-refractivity contribution in [3.63, 3.8) is 0 Å². The van der Waals surface area contributed by atoms with E-state index < -0.39 is 22.5 Å². The van der Waals surface area contributed by atoms with Gasteiger partial charge in [0.1, 0.15) is 12.3 Å². The van der Waals surface area contributed by atoms with Gasteiger partial charge in [-0.05, 0) is 43.3 Å². The highest BCUT2D eigenvalue weighted by atomic mass is 35.5. The summed E-state index contributed by atoms with van der Waals surface area (Å²) in [5, 5.41) is 0.212. The van der Waals surface area contributed by atoms with Gasteiger partial charge in [0.2, 0.25) is 0 Å². The molecule has 0 aliphatic carbocycles. The van der Waals surface area contributed by atoms with Gasteiger partial charge in [0, 0.05) is 0 Å². The van der Waals surface area contributed by atoms with E-state index in [9.17, 15) is 13.2 Å². The Bertz CT molecular complexity index is 836. The Kier molecular flexibility index (Phi) is 6.27. The minimum atomic E-state index is -4.02. The lowest BCUT2D eigenvalue weighted by Crippen LogP contribution is -2.36. The molecule has 0 saturated carbocycles. The smallest absolute Gasteiger partial charge is 0.326 e. The standard InChI is InChI=1S/C17H18ClNO5S/c1-3-24-17(20)12-19(16-7-5-4-6-15(16)18)25(21,22)14-10-8-13(23-2)9-11-14/h4-11H,3,12H2,1-2H3. The van der Waals surface area contributed by atoms with E-state index >= 15 is 0 Å². The fourth-order valence-corrected chi connectivity index (χ4v) is 3.87. The summed E-state index contributed by atoms with van der Waals surface area (Å²) >= 11 is 6.14. The average Bonchev–Trinajstić information content (AvgIpc) is 2.60. The Labute approximate surface area is 152 Å². The normalized spacial score (nSPS) is 11.0. The number of rotatable bonds is 7. The van der Waals surface area contributed by atoms with E-state index in [4.69, 9.17) is 21.1 Å². The second-order valence-electron chi connectivity index (χ2n) is 4.94. The highest BCUT2D eigenvalue weighted by Crippen LogP contribution is 2.30. The number of ether oxygens (including phenoxy) is 2. The van der Waals surface area contributed by atoms with Crippen molar-refractivity contribution >= 4 is 33.3 Å². The lowest BCUT2D eigenvalue weighted by molar-refractivity contribution is -0.141. The van der Waals surface area contributed by atoms with E-state index in [1.54, 1.807) is 25.1 Å². The predicted molar refractivity (Wildman–Crippen MR) is 95.6 cm³/mol. The molecule has 2 rings (SSSR count). The third-order valence-corrected chi connectivity index (χ3v) is 5.44. The second kappa shape index (κ2) is 8.22. The van der Waals surface area contributed by atoms with Crippen molar-refractivity contribution in [2.24, 2.45) is 0 Å². The molecular weight excluding hydrogens is 366 g/mol. The van der Waals surface area contributed by atoms with E-state index in [2.05, 4.69) is 0 Å². The van der Waals surface area contributed by atoms with Crippen molar-refractivity contribution in [3.8, 4) is 5.75 Å². The second-order valence-corrected chi connectivity index (χ2v) is 7.21. The molecule has 0 atom stereocenters. The highest BCUT2D eigenvalue weighted by molar-refractivity contribution is 7.92. The Morgan fingerprint density at radius 1 is 1.12 bits per heavy atom. The molecule has 0 spiro atoms. The molecule has 2 aromatic rings. The van der Waals surface area contributed by atoms with Gasteiger partial charge in [-0.2, -0.15) is 0 Å². The van der Waals surface area contributed by atoms with Crippen LogP contribution in [-0.4, -0.2) is 34.6 Å². The van der Waals surface area contributed by atoms with Crippen LogP contribution in [0.25, 0.3) is 0 Å². The third kappa shape index (κ3) is 4.43. The van der Waals surface area contributed by atoms with Crippen molar-refractivity contribution < 1.29 is 22.7 Å². The third-order valence-electron chi connectivity index (χ3n) is 3.35. The first kappa shape index (κ1) is 19.1. The molecule has 0 N–H and O–H groups in total. The number of esters is 1. The molecule has 8 heteroatoms. The topological polar surface area (TPSA) is 72.9 Å². The van der Waals surface area contributed by atoms with Gasteiger partial charge >= 0.3 is 5.97 Å². The molecule has 0 aliphatic rings. The van der Waals surface area contributed by atoms with E-state index in [0.29, 0.717) is 5.75 Å². The number of carbonyl (C=O) groups excluding carboxylic acids is 1. The van der Waals surface area contributed by atoms with Gasteiger partial charge in [-0.1, -0.05) is 23.7 Å². The number of para-hydroxylation sites is 1. The van der Waals surface area contributed by atoms with Gasteiger partial charge in [-0.15, -0.1) is 0 Å². The lowest BCUT2D eigenvalue weighted by atomic mass is 10.3. The molecule has 134 valence electrons.